The third kappa shape index (κ3) is 3.33. The molecule has 4 heteroatoms. The van der Waals surface area contributed by atoms with E-state index in [-0.39, 0.29) is 5.78 Å². The van der Waals surface area contributed by atoms with Gasteiger partial charge in [0.15, 0.2) is 6.10 Å². The second-order valence-corrected chi connectivity index (χ2v) is 5.10. The molecule has 0 radical (unpaired) electrons. The summed E-state index contributed by atoms with van der Waals surface area (Å²) in [5.41, 5.74) is 1.14. The number of ketones is 1. The van der Waals surface area contributed by atoms with Gasteiger partial charge in [-0.05, 0) is 6.07 Å². The lowest BCUT2D eigenvalue weighted by Crippen LogP contribution is -2.19. The van der Waals surface area contributed by atoms with Gasteiger partial charge >= 0.3 is 5.97 Å². The summed E-state index contributed by atoms with van der Waals surface area (Å²) in [4.78, 5) is 23.9. The maximum atomic E-state index is 12.6. The summed E-state index contributed by atoms with van der Waals surface area (Å²) in [5.74, 6) is -0.738. The number of hydrogen-bond acceptors (Lipinski definition) is 3. The minimum atomic E-state index is -0.924. The van der Waals surface area contributed by atoms with Crippen LogP contribution in [0.25, 0.3) is 0 Å². The maximum absolute atomic E-state index is 12.6. The van der Waals surface area contributed by atoms with Crippen molar-refractivity contribution in [3.05, 3.63) is 70.2 Å². The van der Waals surface area contributed by atoms with Gasteiger partial charge in [-0.25, -0.2) is 0 Å². The van der Waals surface area contributed by atoms with Crippen LogP contribution in [-0.2, 0) is 9.53 Å². The Kier molecular flexibility index (Phi) is 4.69. The van der Waals surface area contributed by atoms with Crippen LogP contribution >= 0.6 is 15.9 Å². The van der Waals surface area contributed by atoms with Gasteiger partial charge in [-0.2, -0.15) is 0 Å². The van der Waals surface area contributed by atoms with Crippen LogP contribution in [0.4, 0.5) is 0 Å². The van der Waals surface area contributed by atoms with Crippen LogP contribution in [0.15, 0.2) is 59.1 Å². The second kappa shape index (κ2) is 6.48. The molecule has 0 aliphatic rings. The summed E-state index contributed by atoms with van der Waals surface area (Å²) in [6.07, 6.45) is -0.924. The molecule has 0 amide bonds. The van der Waals surface area contributed by atoms with Gasteiger partial charge in [0.1, 0.15) is 0 Å². The highest BCUT2D eigenvalue weighted by molar-refractivity contribution is 9.10. The second-order valence-electron chi connectivity index (χ2n) is 4.24. The van der Waals surface area contributed by atoms with Crippen molar-refractivity contribution in [1.82, 2.24) is 0 Å². The molecule has 0 N–H and O–H groups in total. The summed E-state index contributed by atoms with van der Waals surface area (Å²) >= 11 is 3.34. The summed E-state index contributed by atoms with van der Waals surface area (Å²) in [6, 6.07) is 16.1. The van der Waals surface area contributed by atoms with E-state index in [0.29, 0.717) is 15.6 Å². The fourth-order valence-electron chi connectivity index (χ4n) is 1.87. The molecule has 1 unspecified atom stereocenters. The number of halogens is 1. The Hall–Kier alpha value is -1.94. The number of ether oxygens (including phenoxy) is 1. The van der Waals surface area contributed by atoms with Crippen molar-refractivity contribution >= 4 is 27.7 Å². The van der Waals surface area contributed by atoms with E-state index in [1.807, 2.05) is 12.1 Å². The highest BCUT2D eigenvalue weighted by Gasteiger charge is 2.26. The fraction of sp³-hybridized carbons (Fsp3) is 0.125. The van der Waals surface area contributed by atoms with Crippen molar-refractivity contribution < 1.29 is 14.3 Å². The van der Waals surface area contributed by atoms with Crippen molar-refractivity contribution in [2.24, 2.45) is 0 Å². The first-order chi connectivity index (χ1) is 9.59. The van der Waals surface area contributed by atoms with Crippen LogP contribution in [0.5, 0.6) is 0 Å². The molecule has 0 bridgehead atoms. The van der Waals surface area contributed by atoms with E-state index in [9.17, 15) is 9.59 Å². The minimum Gasteiger partial charge on any atom is -0.449 e. The van der Waals surface area contributed by atoms with E-state index < -0.39 is 12.1 Å². The van der Waals surface area contributed by atoms with E-state index in [4.69, 9.17) is 4.74 Å². The Morgan fingerprint density at radius 3 is 2.20 bits per heavy atom. The molecule has 20 heavy (non-hydrogen) atoms. The van der Waals surface area contributed by atoms with Crippen LogP contribution in [0.1, 0.15) is 28.9 Å². The number of carbonyl (C=O) groups is 2. The monoisotopic (exact) mass is 332 g/mol. The molecule has 1 atom stereocenters. The Labute approximate surface area is 125 Å². The zero-order chi connectivity index (χ0) is 14.5. The Morgan fingerprint density at radius 1 is 1.00 bits per heavy atom. The predicted octanol–water partition coefficient (Wildman–Crippen LogP) is 3.94. The topological polar surface area (TPSA) is 43.4 Å². The van der Waals surface area contributed by atoms with Gasteiger partial charge in [0, 0.05) is 22.5 Å². The van der Waals surface area contributed by atoms with Gasteiger partial charge in [-0.15, -0.1) is 0 Å². The van der Waals surface area contributed by atoms with E-state index in [0.717, 1.165) is 0 Å². The van der Waals surface area contributed by atoms with Crippen LogP contribution in [-0.4, -0.2) is 11.8 Å². The molecule has 0 aliphatic heterocycles. The minimum absolute atomic E-state index is 0.251. The number of Topliss-reactive ketones (excluding diaryl/α,β-unsaturated/α-hetero) is 1. The molecule has 0 heterocycles. The molecule has 0 aromatic heterocycles. The van der Waals surface area contributed by atoms with Crippen LogP contribution in [0.2, 0.25) is 0 Å². The number of esters is 1. The summed E-state index contributed by atoms with van der Waals surface area (Å²) in [6.45, 7) is 1.29. The van der Waals surface area contributed by atoms with Gasteiger partial charge in [-0.3, -0.25) is 9.59 Å². The third-order valence-corrected chi connectivity index (χ3v) is 3.46. The van der Waals surface area contributed by atoms with Gasteiger partial charge in [-0.1, -0.05) is 64.5 Å². The van der Waals surface area contributed by atoms with Gasteiger partial charge in [0.25, 0.3) is 0 Å². The normalized spacial score (nSPS) is 11.7. The van der Waals surface area contributed by atoms with E-state index in [1.54, 1.807) is 42.5 Å². The molecule has 0 saturated carbocycles. The summed E-state index contributed by atoms with van der Waals surface area (Å²) in [7, 11) is 0. The molecule has 0 spiro atoms. The predicted molar refractivity (Wildman–Crippen MR) is 79.4 cm³/mol. The summed E-state index contributed by atoms with van der Waals surface area (Å²) < 4.78 is 5.88. The third-order valence-electron chi connectivity index (χ3n) is 2.76. The largest absolute Gasteiger partial charge is 0.449 e. The van der Waals surface area contributed by atoms with Crippen molar-refractivity contribution in [3.63, 3.8) is 0 Å². The van der Waals surface area contributed by atoms with E-state index in [2.05, 4.69) is 15.9 Å². The first-order valence-electron chi connectivity index (χ1n) is 6.10. The van der Waals surface area contributed by atoms with Crippen molar-refractivity contribution in [2.75, 3.05) is 0 Å². The van der Waals surface area contributed by atoms with E-state index in [1.165, 1.54) is 6.92 Å². The fourth-order valence-corrected chi connectivity index (χ4v) is 2.35. The zero-order valence-electron chi connectivity index (χ0n) is 10.9. The number of benzene rings is 2. The molecular formula is C16H13BrO3. The molecule has 0 saturated heterocycles. The highest BCUT2D eigenvalue weighted by Crippen LogP contribution is 2.26. The zero-order valence-corrected chi connectivity index (χ0v) is 12.5. The molecular weight excluding hydrogens is 320 g/mol. The number of hydrogen-bond donors (Lipinski definition) is 0. The molecule has 2 aromatic carbocycles. The average molecular weight is 333 g/mol. The molecule has 0 aliphatic carbocycles. The Morgan fingerprint density at radius 2 is 1.60 bits per heavy atom. The first-order valence-corrected chi connectivity index (χ1v) is 6.90. The lowest BCUT2D eigenvalue weighted by atomic mass is 10.00. The lowest BCUT2D eigenvalue weighted by molar-refractivity contribution is -0.144. The van der Waals surface area contributed by atoms with Crippen LogP contribution in [0, 0.1) is 0 Å². The molecule has 2 aromatic rings. The van der Waals surface area contributed by atoms with Gasteiger partial charge in [0.05, 0.1) is 0 Å². The van der Waals surface area contributed by atoms with Crippen molar-refractivity contribution in [1.29, 1.82) is 0 Å². The number of carbonyl (C=O) groups excluding carboxylic acids is 2. The molecule has 3 nitrogen and oxygen atoms in total. The smallest absolute Gasteiger partial charge is 0.303 e. The van der Waals surface area contributed by atoms with Gasteiger partial charge < -0.3 is 4.74 Å². The quantitative estimate of drug-likeness (QED) is 0.629. The average Bonchev–Trinajstić information content (AvgIpc) is 2.45. The Balaban J connectivity index is 2.40. The molecule has 102 valence electrons. The lowest BCUT2D eigenvalue weighted by Gasteiger charge is -2.17. The highest BCUT2D eigenvalue weighted by atomic mass is 79.9. The van der Waals surface area contributed by atoms with Crippen LogP contribution < -0.4 is 0 Å². The van der Waals surface area contributed by atoms with Crippen molar-refractivity contribution in [2.45, 2.75) is 13.0 Å². The number of rotatable bonds is 4. The summed E-state index contributed by atoms with van der Waals surface area (Å²) in [5, 5.41) is 0. The van der Waals surface area contributed by atoms with Gasteiger partial charge in [0.2, 0.25) is 5.78 Å². The van der Waals surface area contributed by atoms with E-state index >= 15 is 0 Å². The molecule has 0 fully saturated rings. The van der Waals surface area contributed by atoms with Crippen molar-refractivity contribution in [3.8, 4) is 0 Å². The Bertz CT molecular complexity index is 623. The first kappa shape index (κ1) is 14.5. The maximum Gasteiger partial charge on any atom is 0.303 e. The molecule has 2 rings (SSSR count). The SMILES string of the molecule is CC(=O)OC(C(=O)c1ccccc1Br)c1ccccc1. The van der Waals surface area contributed by atoms with Crippen LogP contribution in [0.3, 0.4) is 0 Å². The standard InChI is InChI=1S/C16H13BrO3/c1-11(18)20-16(12-7-3-2-4-8-12)15(19)13-9-5-6-10-14(13)17/h2-10,16H,1H3.